The zero-order chi connectivity index (χ0) is 11.1. The van der Waals surface area contributed by atoms with E-state index in [1.165, 1.54) is 0 Å². The van der Waals surface area contributed by atoms with Crippen LogP contribution in [-0.4, -0.2) is 11.1 Å². The number of pyridine rings is 1. The summed E-state index contributed by atoms with van der Waals surface area (Å²) in [6, 6.07) is 5.19. The van der Waals surface area contributed by atoms with Gasteiger partial charge in [0.2, 0.25) is 0 Å². The molecule has 0 amide bonds. The van der Waals surface area contributed by atoms with Crippen LogP contribution in [-0.2, 0) is 4.79 Å². The molecular weight excluding hydrogens is 190 g/mol. The summed E-state index contributed by atoms with van der Waals surface area (Å²) in [5, 5.41) is 9.11. The summed E-state index contributed by atoms with van der Waals surface area (Å²) in [6.07, 6.45) is 7.51. The predicted octanol–water partition coefficient (Wildman–Crippen LogP) is 2.18. The number of hydrogen-bond donors (Lipinski definition) is 1. The van der Waals surface area contributed by atoms with Crippen molar-refractivity contribution in [3.8, 4) is 0 Å². The Morgan fingerprint density at radius 3 is 2.47 bits per heavy atom. The lowest BCUT2D eigenvalue weighted by Gasteiger charge is -2.06. The van der Waals surface area contributed by atoms with Gasteiger partial charge in [0, 0.05) is 18.6 Å². The molecule has 0 saturated heterocycles. The molecular formula is C12H18NO2+. The van der Waals surface area contributed by atoms with Gasteiger partial charge in [0.05, 0.1) is 0 Å². The van der Waals surface area contributed by atoms with Crippen molar-refractivity contribution < 1.29 is 14.5 Å². The van der Waals surface area contributed by atoms with Gasteiger partial charge >= 0.3 is 5.97 Å². The first kappa shape index (κ1) is 11.7. The Balaban J connectivity index is 2.62. The van der Waals surface area contributed by atoms with Gasteiger partial charge in [-0.15, -0.1) is 0 Å². The lowest BCUT2D eigenvalue weighted by Crippen LogP contribution is -2.43. The topological polar surface area (TPSA) is 41.2 Å². The normalized spacial score (nSPS) is 12.3. The minimum Gasteiger partial charge on any atom is -0.476 e. The van der Waals surface area contributed by atoms with Crippen LogP contribution in [0.1, 0.15) is 38.6 Å². The van der Waals surface area contributed by atoms with Crippen LogP contribution in [0.4, 0.5) is 0 Å². The Morgan fingerprint density at radius 1 is 1.27 bits per heavy atom. The summed E-state index contributed by atoms with van der Waals surface area (Å²) in [7, 11) is 0. The number of aliphatic carboxylic acids is 1. The van der Waals surface area contributed by atoms with Gasteiger partial charge in [-0.05, 0) is 6.42 Å². The van der Waals surface area contributed by atoms with Crippen molar-refractivity contribution in [3.05, 3.63) is 30.6 Å². The summed E-state index contributed by atoms with van der Waals surface area (Å²) in [4.78, 5) is 11.1. The maximum Gasteiger partial charge on any atom is 0.373 e. The van der Waals surface area contributed by atoms with Gasteiger partial charge in [0.1, 0.15) is 0 Å². The molecule has 1 unspecified atom stereocenters. The van der Waals surface area contributed by atoms with E-state index >= 15 is 0 Å². The Labute approximate surface area is 90.4 Å². The molecule has 15 heavy (non-hydrogen) atoms. The van der Waals surface area contributed by atoms with Crippen LogP contribution in [0.25, 0.3) is 0 Å². The van der Waals surface area contributed by atoms with E-state index in [4.69, 9.17) is 5.11 Å². The lowest BCUT2D eigenvalue weighted by atomic mass is 10.1. The van der Waals surface area contributed by atoms with Crippen LogP contribution in [0.2, 0.25) is 0 Å². The lowest BCUT2D eigenvalue weighted by molar-refractivity contribution is -0.711. The second kappa shape index (κ2) is 6.17. The van der Waals surface area contributed by atoms with E-state index in [-0.39, 0.29) is 0 Å². The van der Waals surface area contributed by atoms with Crippen LogP contribution in [0.3, 0.4) is 0 Å². The molecule has 0 bridgehead atoms. The fourth-order valence-corrected chi connectivity index (χ4v) is 1.61. The third-order valence-electron chi connectivity index (χ3n) is 2.46. The first-order valence-electron chi connectivity index (χ1n) is 5.44. The molecule has 0 aliphatic heterocycles. The van der Waals surface area contributed by atoms with Gasteiger partial charge in [-0.25, -0.2) is 4.79 Å². The van der Waals surface area contributed by atoms with Gasteiger partial charge in [-0.2, -0.15) is 4.57 Å². The molecule has 82 valence electrons. The highest BCUT2D eigenvalue weighted by Crippen LogP contribution is 2.09. The fourth-order valence-electron chi connectivity index (χ4n) is 1.61. The first-order chi connectivity index (χ1) is 7.25. The fraction of sp³-hybridized carbons (Fsp3) is 0.500. The van der Waals surface area contributed by atoms with Crippen molar-refractivity contribution >= 4 is 5.97 Å². The van der Waals surface area contributed by atoms with Crippen molar-refractivity contribution in [1.29, 1.82) is 0 Å². The number of carboxylic acid groups (broad SMARTS) is 1. The van der Waals surface area contributed by atoms with Crippen molar-refractivity contribution in [3.63, 3.8) is 0 Å². The maximum absolute atomic E-state index is 11.1. The number of carboxylic acids is 1. The average Bonchev–Trinajstić information content (AvgIpc) is 2.25. The van der Waals surface area contributed by atoms with Gasteiger partial charge < -0.3 is 5.11 Å². The summed E-state index contributed by atoms with van der Waals surface area (Å²) < 4.78 is 1.76. The molecule has 0 aromatic carbocycles. The highest BCUT2D eigenvalue weighted by Gasteiger charge is 2.25. The quantitative estimate of drug-likeness (QED) is 0.575. The van der Waals surface area contributed by atoms with Gasteiger partial charge in [-0.3, -0.25) is 0 Å². The van der Waals surface area contributed by atoms with E-state index in [9.17, 15) is 4.79 Å². The largest absolute Gasteiger partial charge is 0.476 e. The molecule has 1 heterocycles. The molecule has 0 aliphatic carbocycles. The van der Waals surface area contributed by atoms with Gasteiger partial charge in [-0.1, -0.05) is 25.8 Å². The molecule has 0 fully saturated rings. The number of nitrogens with zero attached hydrogens (tertiary/aromatic N) is 1. The van der Waals surface area contributed by atoms with Crippen LogP contribution in [0.5, 0.6) is 0 Å². The molecule has 1 atom stereocenters. The SMILES string of the molecule is CCCCCC(C(=O)O)[n+]1ccccc1. The van der Waals surface area contributed by atoms with Crippen molar-refractivity contribution in [1.82, 2.24) is 0 Å². The first-order valence-corrected chi connectivity index (χ1v) is 5.44. The minimum absolute atomic E-state index is 0.419. The maximum atomic E-state index is 11.1. The predicted molar refractivity (Wildman–Crippen MR) is 57.5 cm³/mol. The molecule has 1 aromatic rings. The summed E-state index contributed by atoms with van der Waals surface area (Å²) in [6.45, 7) is 2.12. The average molecular weight is 208 g/mol. The van der Waals surface area contributed by atoms with Crippen LogP contribution in [0.15, 0.2) is 30.6 Å². The van der Waals surface area contributed by atoms with E-state index in [0.29, 0.717) is 6.42 Å². The highest BCUT2D eigenvalue weighted by molar-refractivity contribution is 5.69. The Bertz CT molecular complexity index is 298. The summed E-state index contributed by atoms with van der Waals surface area (Å²) >= 11 is 0. The zero-order valence-corrected chi connectivity index (χ0v) is 9.10. The van der Waals surface area contributed by atoms with Crippen molar-refractivity contribution in [2.75, 3.05) is 0 Å². The molecule has 1 rings (SSSR count). The number of hydrogen-bond acceptors (Lipinski definition) is 1. The number of carbonyl (C=O) groups is 1. The summed E-state index contributed by atoms with van der Waals surface area (Å²) in [5.74, 6) is -0.748. The van der Waals surface area contributed by atoms with Crippen LogP contribution in [0, 0.1) is 0 Å². The monoisotopic (exact) mass is 208 g/mol. The number of rotatable bonds is 6. The number of unbranched alkanes of at least 4 members (excludes halogenated alkanes) is 2. The van der Waals surface area contributed by atoms with Gasteiger partial charge in [0.25, 0.3) is 6.04 Å². The Hall–Kier alpha value is -1.38. The minimum atomic E-state index is -0.748. The second-order valence-electron chi connectivity index (χ2n) is 3.67. The zero-order valence-electron chi connectivity index (χ0n) is 9.10. The Kier molecular flexibility index (Phi) is 4.81. The molecule has 0 radical (unpaired) electrons. The Morgan fingerprint density at radius 2 is 1.93 bits per heavy atom. The van der Waals surface area contributed by atoms with Crippen molar-refractivity contribution in [2.45, 2.75) is 38.6 Å². The molecule has 1 aromatic heterocycles. The third-order valence-corrected chi connectivity index (χ3v) is 2.46. The molecule has 3 heteroatoms. The smallest absolute Gasteiger partial charge is 0.373 e. The highest BCUT2D eigenvalue weighted by atomic mass is 16.4. The van der Waals surface area contributed by atoms with Crippen molar-refractivity contribution in [2.24, 2.45) is 0 Å². The molecule has 0 spiro atoms. The van der Waals surface area contributed by atoms with E-state index in [0.717, 1.165) is 19.3 Å². The number of aromatic nitrogens is 1. The van der Waals surface area contributed by atoms with E-state index in [1.807, 2.05) is 30.6 Å². The van der Waals surface area contributed by atoms with Crippen LogP contribution >= 0.6 is 0 Å². The van der Waals surface area contributed by atoms with E-state index in [2.05, 4.69) is 6.92 Å². The van der Waals surface area contributed by atoms with Crippen LogP contribution < -0.4 is 4.57 Å². The summed E-state index contributed by atoms with van der Waals surface area (Å²) in [5.41, 5.74) is 0. The third kappa shape index (κ3) is 3.70. The molecule has 0 saturated carbocycles. The molecule has 1 N–H and O–H groups in total. The molecule has 3 nitrogen and oxygen atoms in total. The van der Waals surface area contributed by atoms with E-state index in [1.54, 1.807) is 4.57 Å². The van der Waals surface area contributed by atoms with Gasteiger partial charge in [0.15, 0.2) is 12.4 Å². The standard InChI is InChI=1S/C12H17NO2/c1-2-3-5-8-11(12(14)15)13-9-6-4-7-10-13/h4,6-7,9-11H,2-3,5,8H2,1H3/p+1. The van der Waals surface area contributed by atoms with E-state index < -0.39 is 12.0 Å². The molecule has 0 aliphatic rings. The second-order valence-corrected chi connectivity index (χ2v) is 3.67.